The number of aryl methyl sites for hydroxylation is 3. The van der Waals surface area contributed by atoms with E-state index in [1.54, 1.807) is 22.7 Å². The number of carbonyl (C=O) groups is 1. The van der Waals surface area contributed by atoms with Crippen LogP contribution in [0.2, 0.25) is 0 Å². The van der Waals surface area contributed by atoms with Crippen molar-refractivity contribution in [3.8, 4) is 17.0 Å². The molecule has 0 unspecified atom stereocenters. The van der Waals surface area contributed by atoms with Crippen molar-refractivity contribution in [3.05, 3.63) is 47.0 Å². The van der Waals surface area contributed by atoms with Gasteiger partial charge in [0.15, 0.2) is 0 Å². The molecule has 1 aromatic carbocycles. The molecule has 5 rings (SSSR count). The molecule has 0 spiro atoms. The Morgan fingerprint density at radius 1 is 1.19 bits per heavy atom. The maximum atomic E-state index is 12.4. The molecule has 0 atom stereocenters. The Kier molecular flexibility index (Phi) is 4.80. The molecule has 4 aromatic rings. The van der Waals surface area contributed by atoms with Crippen molar-refractivity contribution in [2.45, 2.75) is 20.4 Å². The van der Waals surface area contributed by atoms with Gasteiger partial charge in [0, 0.05) is 32.0 Å². The number of hydrogen-bond acceptors (Lipinski definition) is 5. The molecule has 32 heavy (non-hydrogen) atoms. The van der Waals surface area contributed by atoms with Crippen molar-refractivity contribution >= 4 is 29.0 Å². The summed E-state index contributed by atoms with van der Waals surface area (Å²) < 4.78 is 9.68. The molecule has 164 valence electrons. The highest BCUT2D eigenvalue weighted by Crippen LogP contribution is 2.33. The number of nitrogens with zero attached hydrogens (tertiary/aromatic N) is 6. The monoisotopic (exact) mass is 431 g/mol. The van der Waals surface area contributed by atoms with Crippen molar-refractivity contribution in [1.82, 2.24) is 34.7 Å². The van der Waals surface area contributed by atoms with Crippen LogP contribution >= 0.6 is 0 Å². The highest BCUT2D eigenvalue weighted by Gasteiger charge is 2.19. The predicted octanol–water partition coefficient (Wildman–Crippen LogP) is 2.92. The molecule has 4 heterocycles. The summed E-state index contributed by atoms with van der Waals surface area (Å²) in [5, 5.41) is 17.6. The second-order valence-corrected chi connectivity index (χ2v) is 8.05. The van der Waals surface area contributed by atoms with Crippen LogP contribution in [0.1, 0.15) is 29.6 Å². The summed E-state index contributed by atoms with van der Waals surface area (Å²) in [5.41, 5.74) is 6.55. The van der Waals surface area contributed by atoms with Gasteiger partial charge < -0.3 is 9.64 Å². The first-order valence-electron chi connectivity index (χ1n) is 10.5. The van der Waals surface area contributed by atoms with Gasteiger partial charge in [0.2, 0.25) is 11.8 Å². The maximum Gasteiger partial charge on any atom is 0.219 e. The summed E-state index contributed by atoms with van der Waals surface area (Å²) in [6.45, 7) is 4.80. The van der Waals surface area contributed by atoms with E-state index >= 15 is 0 Å². The van der Waals surface area contributed by atoms with Crippen LogP contribution in [0, 0.1) is 6.92 Å². The highest BCUT2D eigenvalue weighted by atomic mass is 16.5. The van der Waals surface area contributed by atoms with Crippen LogP contribution in [0.15, 0.2) is 24.4 Å². The van der Waals surface area contributed by atoms with Gasteiger partial charge in [-0.15, -0.1) is 0 Å². The van der Waals surface area contributed by atoms with Gasteiger partial charge in [-0.1, -0.05) is 6.07 Å². The van der Waals surface area contributed by atoms with Crippen LogP contribution in [-0.2, 0) is 25.4 Å². The van der Waals surface area contributed by atoms with Crippen LogP contribution in [0.5, 0.6) is 5.88 Å². The molecule has 0 radical (unpaired) electrons. The molecule has 3 aromatic heterocycles. The average molecular weight is 432 g/mol. The quantitative estimate of drug-likeness (QED) is 0.462. The minimum atomic E-state index is -0.0161. The molecule has 9 nitrogen and oxygen atoms in total. The number of hydrogen-bond donors (Lipinski definition) is 1. The molecule has 2 bridgehead atoms. The number of H-pyrrole nitrogens is 1. The summed E-state index contributed by atoms with van der Waals surface area (Å²) >= 11 is 0. The van der Waals surface area contributed by atoms with E-state index in [4.69, 9.17) is 4.74 Å². The zero-order valence-electron chi connectivity index (χ0n) is 18.6. The van der Waals surface area contributed by atoms with E-state index in [9.17, 15) is 4.79 Å². The molecule has 0 fully saturated rings. The lowest BCUT2D eigenvalue weighted by molar-refractivity contribution is -0.129. The van der Waals surface area contributed by atoms with E-state index in [0.717, 1.165) is 44.7 Å². The first-order valence-corrected chi connectivity index (χ1v) is 10.5. The van der Waals surface area contributed by atoms with Crippen LogP contribution in [0.25, 0.3) is 34.2 Å². The van der Waals surface area contributed by atoms with E-state index in [0.29, 0.717) is 25.6 Å². The second kappa shape index (κ2) is 7.67. The van der Waals surface area contributed by atoms with E-state index in [2.05, 4.69) is 26.5 Å². The summed E-state index contributed by atoms with van der Waals surface area (Å²) in [7, 11) is 3.76. The predicted molar refractivity (Wildman–Crippen MR) is 122 cm³/mol. The first-order chi connectivity index (χ1) is 15.4. The lowest BCUT2D eigenvalue weighted by Gasteiger charge is -2.22. The van der Waals surface area contributed by atoms with Crippen LogP contribution in [0.3, 0.4) is 0 Å². The average Bonchev–Trinajstić information content (AvgIpc) is 3.41. The lowest BCUT2D eigenvalue weighted by atomic mass is 10.0. The molecule has 1 amide bonds. The molecule has 0 saturated carbocycles. The van der Waals surface area contributed by atoms with Gasteiger partial charge in [0.05, 0.1) is 47.4 Å². The van der Waals surface area contributed by atoms with Gasteiger partial charge in [0.1, 0.15) is 6.61 Å². The van der Waals surface area contributed by atoms with E-state index in [-0.39, 0.29) is 5.91 Å². The van der Waals surface area contributed by atoms with Gasteiger partial charge in [-0.05, 0) is 36.8 Å². The zero-order valence-corrected chi connectivity index (χ0v) is 18.6. The largest absolute Gasteiger partial charge is 0.476 e. The molecule has 1 aliphatic heterocycles. The third-order valence-corrected chi connectivity index (χ3v) is 5.97. The van der Waals surface area contributed by atoms with E-state index in [1.807, 2.05) is 50.0 Å². The normalized spacial score (nSPS) is 15.1. The van der Waals surface area contributed by atoms with Gasteiger partial charge in [0.25, 0.3) is 0 Å². The third kappa shape index (κ3) is 3.35. The first kappa shape index (κ1) is 20.0. The van der Waals surface area contributed by atoms with Crippen LogP contribution in [-0.4, -0.2) is 53.7 Å². The minimum Gasteiger partial charge on any atom is -0.476 e. The van der Waals surface area contributed by atoms with Crippen molar-refractivity contribution in [1.29, 1.82) is 0 Å². The summed E-state index contributed by atoms with van der Waals surface area (Å²) in [5.74, 6) is 0.651. The Morgan fingerprint density at radius 3 is 2.84 bits per heavy atom. The Bertz CT molecular complexity index is 1360. The summed E-state index contributed by atoms with van der Waals surface area (Å²) in [6, 6.07) is 6.14. The number of carbonyl (C=O) groups excluding carboxylic acids is 1. The Morgan fingerprint density at radius 2 is 2.03 bits per heavy atom. The Labute approximate surface area is 185 Å². The Balaban J connectivity index is 1.69. The summed E-state index contributed by atoms with van der Waals surface area (Å²) in [6.07, 6.45) is 5.83. The van der Waals surface area contributed by atoms with Crippen LogP contribution in [0.4, 0.5) is 0 Å². The fraction of sp³-hybridized carbons (Fsp3) is 0.304. The molecule has 0 saturated heterocycles. The lowest BCUT2D eigenvalue weighted by Crippen LogP contribution is -2.33. The molecule has 1 N–H and O–H groups in total. The van der Waals surface area contributed by atoms with Crippen LogP contribution < -0.4 is 4.74 Å². The second-order valence-electron chi connectivity index (χ2n) is 8.05. The topological polar surface area (TPSA) is 93.9 Å². The van der Waals surface area contributed by atoms with Crippen molar-refractivity contribution in [3.63, 3.8) is 0 Å². The third-order valence-electron chi connectivity index (χ3n) is 5.97. The summed E-state index contributed by atoms with van der Waals surface area (Å²) in [4.78, 5) is 14.2. The van der Waals surface area contributed by atoms with Crippen molar-refractivity contribution in [2.24, 2.45) is 14.1 Å². The number of rotatable bonds is 0. The van der Waals surface area contributed by atoms with Crippen molar-refractivity contribution in [2.75, 3.05) is 13.2 Å². The van der Waals surface area contributed by atoms with Crippen molar-refractivity contribution < 1.29 is 9.53 Å². The number of fused-ring (bicyclic) bond motifs is 4. The van der Waals surface area contributed by atoms with Gasteiger partial charge >= 0.3 is 0 Å². The zero-order chi connectivity index (χ0) is 22.4. The molecular formula is C23H25N7O2. The van der Waals surface area contributed by atoms with E-state index < -0.39 is 0 Å². The van der Waals surface area contributed by atoms with Gasteiger partial charge in [-0.3, -0.25) is 14.6 Å². The fourth-order valence-corrected chi connectivity index (χ4v) is 4.19. The number of aromatic amines is 1. The smallest absolute Gasteiger partial charge is 0.219 e. The molecule has 9 heteroatoms. The number of amides is 1. The van der Waals surface area contributed by atoms with E-state index in [1.165, 1.54) is 0 Å². The molecular weight excluding hydrogens is 406 g/mol. The number of benzene rings is 1. The SMILES string of the molecule is CC(=O)N1CCOc2c(cnn2C)-c2ccc3[nH]nc(c3c2)/C=C/c2c(C)nn(C)c2C1. The highest BCUT2D eigenvalue weighted by molar-refractivity contribution is 5.93. The van der Waals surface area contributed by atoms with Gasteiger partial charge in [-0.2, -0.15) is 15.3 Å². The Hall–Kier alpha value is -3.88. The number of aromatic nitrogens is 6. The standard InChI is InChI=1S/C23H25N7O2/c1-14-17-6-8-21-18-11-16(5-7-20(18)25-26-21)19-12-24-29(4)23(19)32-10-9-30(15(2)31)13-22(17)28(3)27-14/h5-8,11-12H,9-10,13H2,1-4H3,(H,25,26)/b8-6+. The van der Waals surface area contributed by atoms with Gasteiger partial charge in [-0.25, -0.2) is 4.68 Å². The minimum absolute atomic E-state index is 0.0161. The fourth-order valence-electron chi connectivity index (χ4n) is 4.19. The molecule has 1 aliphatic rings. The maximum absolute atomic E-state index is 12.4. The number of nitrogens with one attached hydrogen (secondary N) is 1. The molecule has 0 aliphatic carbocycles. The number of ether oxygens (including phenoxy) is 1.